The quantitative estimate of drug-likeness (QED) is 0.863. The second-order valence-corrected chi connectivity index (χ2v) is 8.38. The van der Waals surface area contributed by atoms with Gasteiger partial charge >= 0.3 is 0 Å². The zero-order valence-corrected chi connectivity index (χ0v) is 13.9. The molecule has 1 fully saturated rings. The summed E-state index contributed by atoms with van der Waals surface area (Å²) in [6.07, 6.45) is 3.27. The number of hydrogen-bond donors (Lipinski definition) is 1. The Morgan fingerprint density at radius 1 is 1.24 bits per heavy atom. The van der Waals surface area contributed by atoms with Gasteiger partial charge in [0, 0.05) is 10.1 Å². The van der Waals surface area contributed by atoms with Crippen LogP contribution in [-0.4, -0.2) is 11.8 Å². The monoisotopic (exact) mass is 313 g/mol. The third kappa shape index (κ3) is 4.19. The molecule has 1 aromatic carbocycles. The minimum atomic E-state index is -0.383. The van der Waals surface area contributed by atoms with E-state index >= 15 is 0 Å². The van der Waals surface area contributed by atoms with E-state index in [0.717, 1.165) is 12.8 Å². The van der Waals surface area contributed by atoms with Gasteiger partial charge < -0.3 is 5.73 Å². The largest absolute Gasteiger partial charge is 0.330 e. The van der Waals surface area contributed by atoms with E-state index in [-0.39, 0.29) is 22.3 Å². The lowest BCUT2D eigenvalue weighted by Crippen LogP contribution is -2.36. The fourth-order valence-corrected chi connectivity index (χ4v) is 4.58. The van der Waals surface area contributed by atoms with Crippen LogP contribution in [0, 0.1) is 28.9 Å². The third-order valence-corrected chi connectivity index (χ3v) is 6.07. The molecular formula is C17H25F2NS. The van der Waals surface area contributed by atoms with E-state index in [1.54, 1.807) is 0 Å². The third-order valence-electron chi connectivity index (χ3n) is 4.63. The molecule has 0 aliphatic heterocycles. The van der Waals surface area contributed by atoms with E-state index in [0.29, 0.717) is 23.3 Å². The van der Waals surface area contributed by atoms with Crippen molar-refractivity contribution in [2.24, 2.45) is 23.0 Å². The molecule has 1 aliphatic carbocycles. The van der Waals surface area contributed by atoms with E-state index in [1.165, 1.54) is 36.4 Å². The Labute approximate surface area is 130 Å². The Hall–Kier alpha value is -0.610. The Morgan fingerprint density at radius 2 is 1.95 bits per heavy atom. The van der Waals surface area contributed by atoms with Crippen molar-refractivity contribution >= 4 is 11.8 Å². The number of benzene rings is 1. The molecule has 0 aromatic heterocycles. The molecule has 1 saturated carbocycles. The summed E-state index contributed by atoms with van der Waals surface area (Å²) in [5.41, 5.74) is 6.14. The van der Waals surface area contributed by atoms with Gasteiger partial charge in [-0.25, -0.2) is 8.78 Å². The van der Waals surface area contributed by atoms with E-state index in [1.807, 2.05) is 0 Å². The zero-order chi connectivity index (χ0) is 15.6. The first-order valence-electron chi connectivity index (χ1n) is 7.63. The van der Waals surface area contributed by atoms with E-state index in [2.05, 4.69) is 20.8 Å². The highest BCUT2D eigenvalue weighted by Gasteiger charge is 2.36. The molecule has 21 heavy (non-hydrogen) atoms. The number of nitrogens with two attached hydrogens (primary N) is 1. The van der Waals surface area contributed by atoms with Crippen LogP contribution in [0.2, 0.25) is 0 Å². The molecule has 1 nitrogen and oxygen atoms in total. The summed E-state index contributed by atoms with van der Waals surface area (Å²) in [6, 6.07) is 3.67. The summed E-state index contributed by atoms with van der Waals surface area (Å²) in [6.45, 7) is 7.38. The summed E-state index contributed by atoms with van der Waals surface area (Å²) in [7, 11) is 0. The molecule has 0 bridgehead atoms. The fourth-order valence-electron chi connectivity index (χ4n) is 3.12. The predicted octanol–water partition coefficient (Wildman–Crippen LogP) is 4.85. The molecule has 2 N–H and O–H groups in total. The second kappa shape index (κ2) is 6.66. The van der Waals surface area contributed by atoms with Gasteiger partial charge in [-0.1, -0.05) is 20.8 Å². The molecule has 0 saturated heterocycles. The van der Waals surface area contributed by atoms with Crippen LogP contribution >= 0.6 is 11.8 Å². The van der Waals surface area contributed by atoms with Crippen molar-refractivity contribution in [2.45, 2.75) is 50.2 Å². The molecule has 118 valence electrons. The van der Waals surface area contributed by atoms with Crippen molar-refractivity contribution < 1.29 is 8.78 Å². The van der Waals surface area contributed by atoms with Crippen LogP contribution in [-0.2, 0) is 0 Å². The lowest BCUT2D eigenvalue weighted by Gasteiger charge is -2.41. The summed E-state index contributed by atoms with van der Waals surface area (Å²) in [5, 5.41) is 0.268. The highest BCUT2D eigenvalue weighted by molar-refractivity contribution is 8.00. The van der Waals surface area contributed by atoms with Crippen LogP contribution in [0.5, 0.6) is 0 Å². The van der Waals surface area contributed by atoms with Crippen molar-refractivity contribution in [3.63, 3.8) is 0 Å². The number of halogens is 2. The Morgan fingerprint density at radius 3 is 2.57 bits per heavy atom. The maximum Gasteiger partial charge on any atom is 0.136 e. The van der Waals surface area contributed by atoms with Crippen LogP contribution in [0.3, 0.4) is 0 Å². The molecule has 3 unspecified atom stereocenters. The fraction of sp³-hybridized carbons (Fsp3) is 0.647. The van der Waals surface area contributed by atoms with E-state index < -0.39 is 0 Å². The SMILES string of the molecule is CC(C)(C)C1CCC(CN)C(Sc2cc(F)ccc2F)C1. The first-order chi connectivity index (χ1) is 9.81. The molecular weight excluding hydrogens is 288 g/mol. The molecule has 1 aromatic rings. The minimum Gasteiger partial charge on any atom is -0.330 e. The first kappa shape index (κ1) is 16.8. The molecule has 4 heteroatoms. The van der Waals surface area contributed by atoms with Crippen LogP contribution in [0.25, 0.3) is 0 Å². The predicted molar refractivity (Wildman–Crippen MR) is 85.3 cm³/mol. The number of rotatable bonds is 3. The molecule has 0 amide bonds. The summed E-state index contributed by atoms with van der Waals surface area (Å²) >= 11 is 1.46. The summed E-state index contributed by atoms with van der Waals surface area (Å²) in [4.78, 5) is 0.410. The standard InChI is InChI=1S/C17H25F2NS/c1-17(2,3)12-5-4-11(10-20)15(8-12)21-16-9-13(18)6-7-14(16)19/h6-7,9,11-12,15H,4-5,8,10,20H2,1-3H3. The van der Waals surface area contributed by atoms with Gasteiger partial charge in [-0.3, -0.25) is 0 Å². The maximum absolute atomic E-state index is 13.9. The summed E-state index contributed by atoms with van der Waals surface area (Å²) in [5.74, 6) is 0.270. The van der Waals surface area contributed by atoms with Gasteiger partial charge in [-0.2, -0.15) is 0 Å². The van der Waals surface area contributed by atoms with E-state index in [4.69, 9.17) is 5.73 Å². The second-order valence-electron chi connectivity index (χ2n) is 7.10. The van der Waals surface area contributed by atoms with E-state index in [9.17, 15) is 8.78 Å². The molecule has 2 rings (SSSR count). The number of thioether (sulfide) groups is 1. The topological polar surface area (TPSA) is 26.0 Å². The van der Waals surface area contributed by atoms with Gasteiger partial charge in [0.15, 0.2) is 0 Å². The lowest BCUT2D eigenvalue weighted by atomic mass is 9.69. The smallest absolute Gasteiger partial charge is 0.136 e. The van der Waals surface area contributed by atoms with Crippen molar-refractivity contribution in [2.75, 3.05) is 6.54 Å². The van der Waals surface area contributed by atoms with Crippen LogP contribution in [0.1, 0.15) is 40.0 Å². The van der Waals surface area contributed by atoms with Gasteiger partial charge in [-0.15, -0.1) is 11.8 Å². The zero-order valence-electron chi connectivity index (χ0n) is 13.0. The molecule has 0 heterocycles. The molecule has 0 radical (unpaired) electrons. The average Bonchev–Trinajstić information content (AvgIpc) is 2.42. The van der Waals surface area contributed by atoms with Gasteiger partial charge in [0.05, 0.1) is 0 Å². The van der Waals surface area contributed by atoms with Crippen molar-refractivity contribution in [1.82, 2.24) is 0 Å². The van der Waals surface area contributed by atoms with Gasteiger partial charge in [0.2, 0.25) is 0 Å². The number of hydrogen-bond acceptors (Lipinski definition) is 2. The van der Waals surface area contributed by atoms with Crippen LogP contribution in [0.4, 0.5) is 8.78 Å². The lowest BCUT2D eigenvalue weighted by molar-refractivity contribution is 0.157. The maximum atomic E-state index is 13.9. The van der Waals surface area contributed by atoms with Crippen molar-refractivity contribution in [1.29, 1.82) is 0 Å². The Balaban J connectivity index is 2.16. The Kier molecular flexibility index (Phi) is 5.31. The highest BCUT2D eigenvalue weighted by atomic mass is 32.2. The van der Waals surface area contributed by atoms with Crippen LogP contribution in [0.15, 0.2) is 23.1 Å². The van der Waals surface area contributed by atoms with Gasteiger partial charge in [0.1, 0.15) is 11.6 Å². The average molecular weight is 313 g/mol. The van der Waals surface area contributed by atoms with Crippen LogP contribution < -0.4 is 5.73 Å². The molecule has 3 atom stereocenters. The van der Waals surface area contributed by atoms with Crippen molar-refractivity contribution in [3.05, 3.63) is 29.8 Å². The molecule has 0 spiro atoms. The Bertz CT molecular complexity index is 484. The summed E-state index contributed by atoms with van der Waals surface area (Å²) < 4.78 is 27.2. The molecule has 1 aliphatic rings. The first-order valence-corrected chi connectivity index (χ1v) is 8.51. The van der Waals surface area contributed by atoms with Gasteiger partial charge in [0.25, 0.3) is 0 Å². The van der Waals surface area contributed by atoms with Gasteiger partial charge in [-0.05, 0) is 61.3 Å². The highest BCUT2D eigenvalue weighted by Crippen LogP contribution is 2.45. The normalized spacial score (nSPS) is 26.9. The minimum absolute atomic E-state index is 0.249. The van der Waals surface area contributed by atoms with Crippen molar-refractivity contribution in [3.8, 4) is 0 Å².